The average Bonchev–Trinajstić information content (AvgIpc) is 2.58. The molecule has 0 aromatic carbocycles. The van der Waals surface area contributed by atoms with Crippen molar-refractivity contribution in [2.75, 3.05) is 20.1 Å². The van der Waals surface area contributed by atoms with Crippen LogP contribution in [0.3, 0.4) is 0 Å². The van der Waals surface area contributed by atoms with Crippen LogP contribution < -0.4 is 0 Å². The molecule has 0 N–H and O–H groups in total. The van der Waals surface area contributed by atoms with E-state index in [4.69, 9.17) is 0 Å². The standard InChI is InChI=1S/C9H15N3/c1-8-3-5-10-12(8)9-4-6-11(2)7-9/h3,5,9H,4,6-7H2,1-2H3. The highest BCUT2D eigenvalue weighted by atomic mass is 15.3. The summed E-state index contributed by atoms with van der Waals surface area (Å²) < 4.78 is 2.14. The Morgan fingerprint density at radius 3 is 2.92 bits per heavy atom. The maximum Gasteiger partial charge on any atom is 0.0661 e. The Morgan fingerprint density at radius 1 is 1.58 bits per heavy atom. The van der Waals surface area contributed by atoms with Crippen LogP contribution in [-0.4, -0.2) is 34.8 Å². The molecule has 1 aliphatic heterocycles. The number of hydrogen-bond acceptors (Lipinski definition) is 2. The molecule has 1 saturated heterocycles. The van der Waals surface area contributed by atoms with Gasteiger partial charge in [-0.2, -0.15) is 5.10 Å². The van der Waals surface area contributed by atoms with Gasteiger partial charge in [0, 0.05) is 18.4 Å². The van der Waals surface area contributed by atoms with Gasteiger partial charge in [-0.3, -0.25) is 4.68 Å². The number of likely N-dealkylation sites (tertiary alicyclic amines) is 1. The monoisotopic (exact) mass is 165 g/mol. The molecule has 1 fully saturated rings. The Bertz CT molecular complexity index is 266. The predicted molar refractivity (Wildman–Crippen MR) is 48.1 cm³/mol. The van der Waals surface area contributed by atoms with Crippen molar-refractivity contribution >= 4 is 0 Å². The fourth-order valence-electron chi connectivity index (χ4n) is 1.87. The zero-order chi connectivity index (χ0) is 8.55. The van der Waals surface area contributed by atoms with Crippen LogP contribution in [0.2, 0.25) is 0 Å². The molecule has 3 nitrogen and oxygen atoms in total. The lowest BCUT2D eigenvalue weighted by Crippen LogP contribution is -2.17. The van der Waals surface area contributed by atoms with E-state index in [0.717, 1.165) is 6.54 Å². The molecule has 0 amide bonds. The van der Waals surface area contributed by atoms with E-state index < -0.39 is 0 Å². The molecule has 66 valence electrons. The fourth-order valence-corrected chi connectivity index (χ4v) is 1.87. The summed E-state index contributed by atoms with van der Waals surface area (Å²) in [5, 5.41) is 4.32. The topological polar surface area (TPSA) is 21.1 Å². The van der Waals surface area contributed by atoms with Gasteiger partial charge in [0.25, 0.3) is 0 Å². The van der Waals surface area contributed by atoms with Gasteiger partial charge in [0.2, 0.25) is 0 Å². The van der Waals surface area contributed by atoms with Gasteiger partial charge in [-0.25, -0.2) is 0 Å². The first-order valence-corrected chi connectivity index (χ1v) is 4.46. The van der Waals surface area contributed by atoms with E-state index >= 15 is 0 Å². The smallest absolute Gasteiger partial charge is 0.0661 e. The lowest BCUT2D eigenvalue weighted by atomic mass is 10.2. The van der Waals surface area contributed by atoms with Crippen LogP contribution in [0.4, 0.5) is 0 Å². The van der Waals surface area contributed by atoms with Crippen molar-refractivity contribution in [1.29, 1.82) is 0 Å². The molecular weight excluding hydrogens is 150 g/mol. The molecule has 1 aromatic heterocycles. The minimum Gasteiger partial charge on any atom is -0.304 e. The van der Waals surface area contributed by atoms with E-state index in [-0.39, 0.29) is 0 Å². The van der Waals surface area contributed by atoms with Crippen LogP contribution in [0.15, 0.2) is 12.3 Å². The summed E-state index contributed by atoms with van der Waals surface area (Å²) in [6, 6.07) is 2.67. The molecule has 1 aromatic rings. The molecule has 3 heteroatoms. The average molecular weight is 165 g/mol. The van der Waals surface area contributed by atoms with E-state index in [9.17, 15) is 0 Å². The molecule has 0 radical (unpaired) electrons. The van der Waals surface area contributed by atoms with E-state index in [1.54, 1.807) is 0 Å². The van der Waals surface area contributed by atoms with Crippen LogP contribution in [0.25, 0.3) is 0 Å². The summed E-state index contributed by atoms with van der Waals surface area (Å²) in [7, 11) is 2.17. The van der Waals surface area contributed by atoms with Gasteiger partial charge in [-0.1, -0.05) is 0 Å². The van der Waals surface area contributed by atoms with E-state index in [0.29, 0.717) is 6.04 Å². The largest absolute Gasteiger partial charge is 0.304 e. The predicted octanol–water partition coefficient (Wildman–Crippen LogP) is 1.07. The summed E-state index contributed by atoms with van der Waals surface area (Å²) in [6.45, 7) is 4.46. The van der Waals surface area contributed by atoms with Crippen LogP contribution in [0, 0.1) is 6.92 Å². The third kappa shape index (κ3) is 1.25. The van der Waals surface area contributed by atoms with Gasteiger partial charge in [-0.05, 0) is 33.0 Å². The van der Waals surface area contributed by atoms with Gasteiger partial charge < -0.3 is 4.90 Å². The summed E-state index contributed by atoms with van der Waals surface area (Å²) in [6.07, 6.45) is 3.12. The number of nitrogens with zero attached hydrogens (tertiary/aromatic N) is 3. The fraction of sp³-hybridized carbons (Fsp3) is 0.667. The second kappa shape index (κ2) is 2.90. The molecule has 0 saturated carbocycles. The molecule has 1 atom stereocenters. The van der Waals surface area contributed by atoms with Crippen molar-refractivity contribution in [2.45, 2.75) is 19.4 Å². The summed E-state index contributed by atoms with van der Waals surface area (Å²) in [5.74, 6) is 0. The normalized spacial score (nSPS) is 25.0. The highest BCUT2D eigenvalue weighted by Gasteiger charge is 2.21. The van der Waals surface area contributed by atoms with Gasteiger partial charge in [0.1, 0.15) is 0 Å². The van der Waals surface area contributed by atoms with Gasteiger partial charge in [0.15, 0.2) is 0 Å². The Kier molecular flexibility index (Phi) is 1.89. The van der Waals surface area contributed by atoms with E-state index in [1.807, 2.05) is 6.20 Å². The quantitative estimate of drug-likeness (QED) is 0.620. The first-order chi connectivity index (χ1) is 5.77. The van der Waals surface area contributed by atoms with Crippen molar-refractivity contribution in [3.63, 3.8) is 0 Å². The Morgan fingerprint density at radius 2 is 2.42 bits per heavy atom. The maximum atomic E-state index is 4.32. The molecule has 1 aliphatic rings. The van der Waals surface area contributed by atoms with E-state index in [2.05, 4.69) is 34.7 Å². The zero-order valence-electron chi connectivity index (χ0n) is 7.70. The van der Waals surface area contributed by atoms with Gasteiger partial charge >= 0.3 is 0 Å². The third-order valence-electron chi connectivity index (χ3n) is 2.58. The number of hydrogen-bond donors (Lipinski definition) is 0. The lowest BCUT2D eigenvalue weighted by molar-refractivity contribution is 0.379. The zero-order valence-corrected chi connectivity index (χ0v) is 7.70. The summed E-state index contributed by atoms with van der Waals surface area (Å²) in [4.78, 5) is 2.35. The van der Waals surface area contributed by atoms with Crippen LogP contribution >= 0.6 is 0 Å². The van der Waals surface area contributed by atoms with Crippen molar-refractivity contribution in [3.05, 3.63) is 18.0 Å². The van der Waals surface area contributed by atoms with Crippen molar-refractivity contribution in [2.24, 2.45) is 0 Å². The van der Waals surface area contributed by atoms with Crippen LogP contribution in [-0.2, 0) is 0 Å². The van der Waals surface area contributed by atoms with Crippen LogP contribution in [0.1, 0.15) is 18.2 Å². The molecule has 2 heterocycles. The molecule has 2 rings (SSSR count). The first kappa shape index (κ1) is 7.80. The van der Waals surface area contributed by atoms with Gasteiger partial charge in [0.05, 0.1) is 6.04 Å². The SMILES string of the molecule is Cc1ccnn1C1CCN(C)C1. The molecule has 0 spiro atoms. The summed E-state index contributed by atoms with van der Waals surface area (Å²) in [5.41, 5.74) is 1.27. The Labute approximate surface area is 73.0 Å². The van der Waals surface area contributed by atoms with Crippen molar-refractivity contribution in [1.82, 2.24) is 14.7 Å². The van der Waals surface area contributed by atoms with E-state index in [1.165, 1.54) is 18.7 Å². The highest BCUT2D eigenvalue weighted by Crippen LogP contribution is 2.20. The number of likely N-dealkylation sites (N-methyl/N-ethyl adjacent to an activating group) is 1. The molecule has 0 aliphatic carbocycles. The molecule has 0 bridgehead atoms. The highest BCUT2D eigenvalue weighted by molar-refractivity contribution is 4.99. The lowest BCUT2D eigenvalue weighted by Gasteiger charge is -2.12. The van der Waals surface area contributed by atoms with Crippen molar-refractivity contribution in [3.8, 4) is 0 Å². The number of aryl methyl sites for hydroxylation is 1. The summed E-state index contributed by atoms with van der Waals surface area (Å²) >= 11 is 0. The van der Waals surface area contributed by atoms with Gasteiger partial charge in [-0.15, -0.1) is 0 Å². The molecular formula is C9H15N3. The second-order valence-corrected chi connectivity index (χ2v) is 3.62. The van der Waals surface area contributed by atoms with Crippen molar-refractivity contribution < 1.29 is 0 Å². The number of rotatable bonds is 1. The Hall–Kier alpha value is -0.830. The molecule has 1 unspecified atom stereocenters. The van der Waals surface area contributed by atoms with Crippen LogP contribution in [0.5, 0.6) is 0 Å². The number of aromatic nitrogens is 2. The molecule has 12 heavy (non-hydrogen) atoms. The minimum atomic E-state index is 0.602. The minimum absolute atomic E-state index is 0.602. The maximum absolute atomic E-state index is 4.32. The Balaban J connectivity index is 2.16. The first-order valence-electron chi connectivity index (χ1n) is 4.46. The second-order valence-electron chi connectivity index (χ2n) is 3.62. The third-order valence-corrected chi connectivity index (χ3v) is 2.58.